The fraction of sp³-hybridized carbons (Fsp3) is 0.800. The lowest BCUT2D eigenvalue weighted by molar-refractivity contribution is -0.131. The molecule has 1 amide bonds. The average Bonchev–Trinajstić information content (AvgIpc) is 2.32. The van der Waals surface area contributed by atoms with E-state index in [1.54, 1.807) is 18.9 Å². The molecule has 6 heteroatoms. The zero-order valence-electron chi connectivity index (χ0n) is 10.4. The van der Waals surface area contributed by atoms with Crippen LogP contribution in [0.2, 0.25) is 0 Å². The molecule has 4 N–H and O–H groups in total. The summed E-state index contributed by atoms with van der Waals surface area (Å²) in [5.74, 6) is 0.0948. The van der Waals surface area contributed by atoms with Gasteiger partial charge in [-0.2, -0.15) is 0 Å². The van der Waals surface area contributed by atoms with Gasteiger partial charge in [0.2, 0.25) is 5.91 Å². The fourth-order valence-corrected chi connectivity index (χ4v) is 1.13. The number of nitrogens with two attached hydrogens (primary N) is 1. The van der Waals surface area contributed by atoms with E-state index in [-0.39, 0.29) is 23.7 Å². The second-order valence-electron chi connectivity index (χ2n) is 3.91. The van der Waals surface area contributed by atoms with Crippen LogP contribution in [-0.2, 0) is 4.79 Å². The van der Waals surface area contributed by atoms with E-state index < -0.39 is 0 Å². The van der Waals surface area contributed by atoms with E-state index >= 15 is 0 Å². The van der Waals surface area contributed by atoms with E-state index in [4.69, 9.17) is 10.9 Å². The van der Waals surface area contributed by atoms with Crippen LogP contribution in [0.5, 0.6) is 0 Å². The Balaban J connectivity index is 4.07. The molecule has 94 valence electrons. The zero-order chi connectivity index (χ0) is 12.7. The van der Waals surface area contributed by atoms with Crippen LogP contribution in [0.25, 0.3) is 0 Å². The Kier molecular flexibility index (Phi) is 6.48. The monoisotopic (exact) mass is 230 g/mol. The highest BCUT2D eigenvalue weighted by Crippen LogP contribution is 1.96. The van der Waals surface area contributed by atoms with Gasteiger partial charge in [-0.3, -0.25) is 4.79 Å². The van der Waals surface area contributed by atoms with Crippen molar-refractivity contribution in [3.63, 3.8) is 0 Å². The lowest BCUT2D eigenvalue weighted by atomic mass is 10.1. The van der Waals surface area contributed by atoms with Crippen LogP contribution >= 0.6 is 0 Å². The summed E-state index contributed by atoms with van der Waals surface area (Å²) >= 11 is 0. The second-order valence-corrected chi connectivity index (χ2v) is 3.91. The van der Waals surface area contributed by atoms with E-state index in [0.717, 1.165) is 0 Å². The summed E-state index contributed by atoms with van der Waals surface area (Å²) in [6.45, 7) is 6.72. The van der Waals surface area contributed by atoms with Gasteiger partial charge in [0.15, 0.2) is 0 Å². The van der Waals surface area contributed by atoms with Crippen molar-refractivity contribution in [1.82, 2.24) is 10.2 Å². The highest BCUT2D eigenvalue weighted by atomic mass is 16.4. The predicted octanol–water partition coefficient (Wildman–Crippen LogP) is -0.175. The van der Waals surface area contributed by atoms with E-state index in [2.05, 4.69) is 10.5 Å². The first-order valence-electron chi connectivity index (χ1n) is 5.39. The van der Waals surface area contributed by atoms with Crippen molar-refractivity contribution in [1.29, 1.82) is 0 Å². The van der Waals surface area contributed by atoms with Gasteiger partial charge < -0.3 is 21.2 Å². The Morgan fingerprint density at radius 2 is 2.12 bits per heavy atom. The van der Waals surface area contributed by atoms with Crippen LogP contribution in [0.3, 0.4) is 0 Å². The number of likely N-dealkylation sites (N-methyl/N-ethyl adjacent to an activating group) is 1. The van der Waals surface area contributed by atoms with Crippen molar-refractivity contribution in [2.24, 2.45) is 16.8 Å². The molecule has 2 atom stereocenters. The van der Waals surface area contributed by atoms with E-state index in [1.165, 1.54) is 0 Å². The number of hydrogen-bond acceptors (Lipinski definition) is 4. The number of nitrogens with zero attached hydrogens (tertiary/aromatic N) is 2. The van der Waals surface area contributed by atoms with Crippen LogP contribution in [0.4, 0.5) is 0 Å². The van der Waals surface area contributed by atoms with Crippen molar-refractivity contribution in [3.05, 3.63) is 0 Å². The van der Waals surface area contributed by atoms with Gasteiger partial charge >= 0.3 is 0 Å². The Morgan fingerprint density at radius 1 is 1.56 bits per heavy atom. The number of carbonyl (C=O) groups excluding carboxylic acids is 1. The molecule has 0 aromatic rings. The number of nitrogens with one attached hydrogen (secondary N) is 1. The van der Waals surface area contributed by atoms with Crippen molar-refractivity contribution in [3.8, 4) is 0 Å². The van der Waals surface area contributed by atoms with Crippen LogP contribution in [0.1, 0.15) is 20.8 Å². The van der Waals surface area contributed by atoms with Gasteiger partial charge in [0, 0.05) is 26.1 Å². The molecule has 16 heavy (non-hydrogen) atoms. The summed E-state index contributed by atoms with van der Waals surface area (Å²) < 4.78 is 0. The molecule has 0 heterocycles. The zero-order valence-corrected chi connectivity index (χ0v) is 10.4. The Morgan fingerprint density at radius 3 is 2.56 bits per heavy atom. The second kappa shape index (κ2) is 7.05. The maximum atomic E-state index is 11.7. The first-order valence-corrected chi connectivity index (χ1v) is 5.39. The third-order valence-corrected chi connectivity index (χ3v) is 2.57. The van der Waals surface area contributed by atoms with Crippen LogP contribution < -0.4 is 11.1 Å². The molecule has 0 spiro atoms. The topological polar surface area (TPSA) is 91.0 Å². The summed E-state index contributed by atoms with van der Waals surface area (Å²) in [4.78, 5) is 13.3. The number of amides is 1. The SMILES string of the molecule is CCN(C)C(=O)C(C)NCC(C)C(N)=NO. The molecule has 0 aliphatic carbocycles. The van der Waals surface area contributed by atoms with Gasteiger partial charge in [-0.05, 0) is 13.8 Å². The van der Waals surface area contributed by atoms with Gasteiger partial charge in [0.1, 0.15) is 5.84 Å². The molecule has 0 aliphatic rings. The number of amidine groups is 1. The molecule has 0 radical (unpaired) electrons. The summed E-state index contributed by atoms with van der Waals surface area (Å²) in [5.41, 5.74) is 5.43. The molecule has 0 aromatic heterocycles. The normalized spacial score (nSPS) is 15.6. The molecule has 0 aromatic carbocycles. The highest BCUT2D eigenvalue weighted by molar-refractivity contribution is 5.83. The Hall–Kier alpha value is -1.30. The number of carbonyl (C=O) groups is 1. The average molecular weight is 230 g/mol. The maximum absolute atomic E-state index is 11.7. The summed E-state index contributed by atoms with van der Waals surface area (Å²) in [6, 6.07) is -0.265. The smallest absolute Gasteiger partial charge is 0.239 e. The molecular formula is C10H22N4O2. The van der Waals surface area contributed by atoms with E-state index in [1.807, 2.05) is 13.8 Å². The fourth-order valence-electron chi connectivity index (χ4n) is 1.13. The minimum absolute atomic E-state index is 0.0363. The molecule has 0 saturated heterocycles. The van der Waals surface area contributed by atoms with Crippen LogP contribution in [0.15, 0.2) is 5.16 Å². The molecule has 0 saturated carbocycles. The Labute approximate surface area is 96.5 Å². The van der Waals surface area contributed by atoms with Gasteiger partial charge in [-0.1, -0.05) is 12.1 Å². The van der Waals surface area contributed by atoms with Crippen molar-refractivity contribution < 1.29 is 10.0 Å². The molecule has 6 nitrogen and oxygen atoms in total. The van der Waals surface area contributed by atoms with Gasteiger partial charge in [-0.15, -0.1) is 0 Å². The summed E-state index contributed by atoms with van der Waals surface area (Å²) in [6.07, 6.45) is 0. The summed E-state index contributed by atoms with van der Waals surface area (Å²) in [7, 11) is 1.76. The largest absolute Gasteiger partial charge is 0.409 e. The number of rotatable bonds is 6. The predicted molar refractivity (Wildman–Crippen MR) is 63.3 cm³/mol. The Bertz CT molecular complexity index is 255. The lowest BCUT2D eigenvalue weighted by Crippen LogP contribution is -2.45. The van der Waals surface area contributed by atoms with Crippen LogP contribution in [0, 0.1) is 5.92 Å². The van der Waals surface area contributed by atoms with Crippen molar-refractivity contribution >= 4 is 11.7 Å². The third kappa shape index (κ3) is 4.48. The molecule has 0 aliphatic heterocycles. The summed E-state index contributed by atoms with van der Waals surface area (Å²) in [5, 5.41) is 14.4. The molecule has 0 bridgehead atoms. The standard InChI is InChI=1S/C10H22N4O2/c1-5-14(4)10(15)8(3)12-6-7(2)9(11)13-16/h7-8,12,16H,5-6H2,1-4H3,(H2,11,13). The van der Waals surface area contributed by atoms with Gasteiger partial charge in [0.25, 0.3) is 0 Å². The molecule has 2 unspecified atom stereocenters. The number of hydrogen-bond donors (Lipinski definition) is 3. The van der Waals surface area contributed by atoms with E-state index in [9.17, 15) is 4.79 Å². The molecule has 0 rings (SSSR count). The van der Waals surface area contributed by atoms with Gasteiger partial charge in [0.05, 0.1) is 6.04 Å². The van der Waals surface area contributed by atoms with Gasteiger partial charge in [-0.25, -0.2) is 0 Å². The maximum Gasteiger partial charge on any atom is 0.239 e. The lowest BCUT2D eigenvalue weighted by Gasteiger charge is -2.21. The first kappa shape index (κ1) is 14.7. The highest BCUT2D eigenvalue weighted by Gasteiger charge is 2.17. The molecular weight excluding hydrogens is 208 g/mol. The minimum atomic E-state index is -0.265. The van der Waals surface area contributed by atoms with E-state index in [0.29, 0.717) is 13.1 Å². The van der Waals surface area contributed by atoms with Crippen molar-refractivity contribution in [2.75, 3.05) is 20.1 Å². The van der Waals surface area contributed by atoms with Crippen LogP contribution in [-0.4, -0.2) is 48.0 Å². The minimum Gasteiger partial charge on any atom is -0.409 e. The molecule has 0 fully saturated rings. The number of oxime groups is 1. The first-order chi connectivity index (χ1) is 7.43. The van der Waals surface area contributed by atoms with Crippen molar-refractivity contribution in [2.45, 2.75) is 26.8 Å². The quantitative estimate of drug-likeness (QED) is 0.256. The third-order valence-electron chi connectivity index (χ3n) is 2.57.